The molecule has 1 N–H and O–H groups in total. The van der Waals surface area contributed by atoms with Crippen LogP contribution in [-0.2, 0) is 16.8 Å². The van der Waals surface area contributed by atoms with Gasteiger partial charge in [-0.05, 0) is 42.7 Å². The summed E-state index contributed by atoms with van der Waals surface area (Å²) in [6, 6.07) is 14.9. The number of aryl methyl sites for hydroxylation is 1. The average Bonchev–Trinajstić information content (AvgIpc) is 2.79. The minimum absolute atomic E-state index is 0.119. The molecule has 7 heteroatoms. The van der Waals surface area contributed by atoms with Crippen LogP contribution in [0.15, 0.2) is 60.9 Å². The quantitative estimate of drug-likeness (QED) is 0.620. The number of benzene rings is 2. The number of halogens is 1. The fourth-order valence-corrected chi connectivity index (χ4v) is 4.52. The van der Waals surface area contributed by atoms with Gasteiger partial charge in [0.1, 0.15) is 5.82 Å². The summed E-state index contributed by atoms with van der Waals surface area (Å²) in [6.07, 6.45) is 4.37. The molecule has 1 aliphatic rings. The Bertz CT molecular complexity index is 1150. The van der Waals surface area contributed by atoms with Crippen molar-refractivity contribution in [3.8, 4) is 0 Å². The summed E-state index contributed by atoms with van der Waals surface area (Å²) in [5, 5.41) is 3.68. The molecule has 2 heterocycles. The molecule has 2 aromatic carbocycles. The van der Waals surface area contributed by atoms with E-state index in [0.29, 0.717) is 29.3 Å². The molecule has 1 aliphatic heterocycles. The molecule has 0 saturated carbocycles. The number of anilines is 1. The Hall–Kier alpha value is -3.25. The lowest BCUT2D eigenvalue weighted by molar-refractivity contribution is -0.119. The fraction of sp³-hybridized carbons (Fsp3) is 0.280. The molecule has 0 spiro atoms. The summed E-state index contributed by atoms with van der Waals surface area (Å²) in [5.74, 6) is 0.372. The van der Waals surface area contributed by atoms with Crippen LogP contribution in [0.4, 0.5) is 5.69 Å². The molecule has 0 fully saturated rings. The monoisotopic (exact) mass is 448 g/mol. The van der Waals surface area contributed by atoms with Crippen molar-refractivity contribution in [1.29, 1.82) is 0 Å². The number of hydrogen-bond acceptors (Lipinski definition) is 4. The van der Waals surface area contributed by atoms with E-state index < -0.39 is 5.54 Å². The molecule has 3 aromatic rings. The van der Waals surface area contributed by atoms with Gasteiger partial charge < -0.3 is 5.32 Å². The second-order valence-corrected chi connectivity index (χ2v) is 8.62. The lowest BCUT2D eigenvalue weighted by Crippen LogP contribution is -2.53. The van der Waals surface area contributed by atoms with Crippen molar-refractivity contribution in [2.75, 3.05) is 4.90 Å². The van der Waals surface area contributed by atoms with Crippen molar-refractivity contribution in [3.63, 3.8) is 0 Å². The van der Waals surface area contributed by atoms with E-state index in [1.807, 2.05) is 62.4 Å². The van der Waals surface area contributed by atoms with Gasteiger partial charge in [0.25, 0.3) is 5.91 Å². The minimum atomic E-state index is -0.743. The van der Waals surface area contributed by atoms with E-state index in [1.54, 1.807) is 17.3 Å². The second-order valence-electron chi connectivity index (χ2n) is 8.18. The van der Waals surface area contributed by atoms with Gasteiger partial charge in [0, 0.05) is 30.8 Å². The smallest absolute Gasteiger partial charge is 0.262 e. The highest BCUT2D eigenvalue weighted by molar-refractivity contribution is 6.30. The van der Waals surface area contributed by atoms with Crippen LogP contribution in [0.1, 0.15) is 60.5 Å². The maximum Gasteiger partial charge on any atom is 0.262 e. The fourth-order valence-electron chi connectivity index (χ4n) is 4.39. The van der Waals surface area contributed by atoms with Gasteiger partial charge >= 0.3 is 0 Å². The van der Waals surface area contributed by atoms with Gasteiger partial charge in [0.05, 0.1) is 22.8 Å². The molecule has 2 atom stereocenters. The van der Waals surface area contributed by atoms with E-state index in [2.05, 4.69) is 15.3 Å². The van der Waals surface area contributed by atoms with E-state index in [0.717, 1.165) is 16.8 Å². The summed E-state index contributed by atoms with van der Waals surface area (Å²) in [7, 11) is 0. The van der Waals surface area contributed by atoms with E-state index >= 15 is 0 Å². The van der Waals surface area contributed by atoms with Gasteiger partial charge in [-0.3, -0.25) is 14.5 Å². The van der Waals surface area contributed by atoms with E-state index in [4.69, 9.17) is 11.6 Å². The molecular formula is C25H25ClN4O2. The molecule has 0 unspecified atom stereocenters. The number of aromatic nitrogens is 2. The highest BCUT2D eigenvalue weighted by Crippen LogP contribution is 2.48. The van der Waals surface area contributed by atoms with Crippen LogP contribution < -0.4 is 10.2 Å². The molecule has 4 rings (SSSR count). The molecular weight excluding hydrogens is 424 g/mol. The summed E-state index contributed by atoms with van der Waals surface area (Å²) >= 11 is 6.14. The summed E-state index contributed by atoms with van der Waals surface area (Å²) in [6.45, 7) is 5.49. The van der Waals surface area contributed by atoms with E-state index in [9.17, 15) is 9.59 Å². The van der Waals surface area contributed by atoms with Gasteiger partial charge in [-0.2, -0.15) is 0 Å². The third kappa shape index (κ3) is 3.98. The SMILES string of the molecule is CCc1ncc(C(=O)N2c3ccccc3[C@H](NC(C)=O)C[C@@]2(C)c2ccc(Cl)cc2)cn1. The number of para-hydroxylation sites is 1. The van der Waals surface area contributed by atoms with Gasteiger partial charge in [-0.1, -0.05) is 48.9 Å². The first-order valence-corrected chi connectivity index (χ1v) is 11.0. The molecule has 0 radical (unpaired) electrons. The summed E-state index contributed by atoms with van der Waals surface area (Å²) in [5.41, 5.74) is 2.24. The Kier molecular flexibility index (Phi) is 5.98. The van der Waals surface area contributed by atoms with Crippen molar-refractivity contribution in [2.45, 2.75) is 45.2 Å². The van der Waals surface area contributed by atoms with Crippen molar-refractivity contribution in [3.05, 3.63) is 88.5 Å². The highest BCUT2D eigenvalue weighted by Gasteiger charge is 2.46. The van der Waals surface area contributed by atoms with Crippen LogP contribution in [0.25, 0.3) is 0 Å². The number of fused-ring (bicyclic) bond motifs is 1. The molecule has 0 aliphatic carbocycles. The van der Waals surface area contributed by atoms with Crippen LogP contribution in [0.3, 0.4) is 0 Å². The first kappa shape index (κ1) is 22.0. The van der Waals surface area contributed by atoms with Gasteiger partial charge in [-0.25, -0.2) is 9.97 Å². The van der Waals surface area contributed by atoms with Gasteiger partial charge in [0.15, 0.2) is 0 Å². The van der Waals surface area contributed by atoms with Crippen molar-refractivity contribution >= 4 is 29.1 Å². The highest BCUT2D eigenvalue weighted by atomic mass is 35.5. The van der Waals surface area contributed by atoms with E-state index in [1.165, 1.54) is 6.92 Å². The number of nitrogens with one attached hydrogen (secondary N) is 1. The number of rotatable bonds is 4. The standard InChI is InChI=1S/C25H25ClN4O2/c1-4-23-27-14-17(15-28-23)24(32)30-22-8-6-5-7-20(22)21(29-16(2)31)13-25(30,3)18-9-11-19(26)12-10-18/h5-12,14-15,21H,4,13H2,1-3H3,(H,29,31)/t21-,25+/m1/s1. The lowest BCUT2D eigenvalue weighted by atomic mass is 9.77. The number of nitrogens with zero attached hydrogens (tertiary/aromatic N) is 3. The Morgan fingerprint density at radius 2 is 1.78 bits per heavy atom. The predicted molar refractivity (Wildman–Crippen MR) is 125 cm³/mol. The summed E-state index contributed by atoms with van der Waals surface area (Å²) < 4.78 is 0. The molecule has 2 amide bonds. The van der Waals surface area contributed by atoms with Crippen LogP contribution >= 0.6 is 11.6 Å². The molecule has 6 nitrogen and oxygen atoms in total. The second kappa shape index (κ2) is 8.71. The van der Waals surface area contributed by atoms with Crippen molar-refractivity contribution in [1.82, 2.24) is 15.3 Å². The van der Waals surface area contributed by atoms with E-state index in [-0.39, 0.29) is 17.9 Å². The molecule has 164 valence electrons. The van der Waals surface area contributed by atoms with Crippen LogP contribution in [0.2, 0.25) is 5.02 Å². The first-order chi connectivity index (χ1) is 15.3. The van der Waals surface area contributed by atoms with Crippen LogP contribution in [-0.4, -0.2) is 21.8 Å². The summed E-state index contributed by atoms with van der Waals surface area (Å²) in [4.78, 5) is 36.3. The zero-order valence-corrected chi connectivity index (χ0v) is 19.1. The number of carbonyl (C=O) groups excluding carboxylic acids is 2. The number of hydrogen-bond donors (Lipinski definition) is 1. The van der Waals surface area contributed by atoms with Crippen molar-refractivity contribution < 1.29 is 9.59 Å². The maximum absolute atomic E-state index is 13.9. The first-order valence-electron chi connectivity index (χ1n) is 10.6. The third-order valence-corrected chi connectivity index (χ3v) is 6.22. The van der Waals surface area contributed by atoms with Crippen LogP contribution in [0, 0.1) is 0 Å². The lowest BCUT2D eigenvalue weighted by Gasteiger charge is -2.49. The Balaban J connectivity index is 1.89. The van der Waals surface area contributed by atoms with Crippen LogP contribution in [0.5, 0.6) is 0 Å². The van der Waals surface area contributed by atoms with Gasteiger partial charge in [0.2, 0.25) is 5.91 Å². The Morgan fingerprint density at radius 1 is 1.12 bits per heavy atom. The topological polar surface area (TPSA) is 75.2 Å². The normalized spacial score (nSPS) is 19.9. The minimum Gasteiger partial charge on any atom is -0.349 e. The number of amides is 2. The molecule has 32 heavy (non-hydrogen) atoms. The average molecular weight is 449 g/mol. The maximum atomic E-state index is 13.9. The zero-order valence-electron chi connectivity index (χ0n) is 18.3. The predicted octanol–water partition coefficient (Wildman–Crippen LogP) is 4.84. The number of carbonyl (C=O) groups is 2. The molecule has 0 saturated heterocycles. The third-order valence-electron chi connectivity index (χ3n) is 5.96. The molecule has 0 bridgehead atoms. The Labute approximate surface area is 192 Å². The zero-order chi connectivity index (χ0) is 22.9. The van der Waals surface area contributed by atoms with Gasteiger partial charge in [-0.15, -0.1) is 0 Å². The largest absolute Gasteiger partial charge is 0.349 e. The Morgan fingerprint density at radius 3 is 2.41 bits per heavy atom. The van der Waals surface area contributed by atoms with Crippen molar-refractivity contribution in [2.24, 2.45) is 0 Å². The molecule has 1 aromatic heterocycles.